The maximum absolute atomic E-state index is 12.1. The number of hydrogen-bond acceptors (Lipinski definition) is 5. The van der Waals surface area contributed by atoms with E-state index in [1.54, 1.807) is 13.0 Å². The fourth-order valence-corrected chi connectivity index (χ4v) is 4.62. The van der Waals surface area contributed by atoms with Gasteiger partial charge < -0.3 is 14.9 Å². The third-order valence-electron chi connectivity index (χ3n) is 5.69. The number of rotatable bonds is 7. The minimum atomic E-state index is -3.55. The first-order chi connectivity index (χ1) is 14.6. The Bertz CT molecular complexity index is 1110. The Balaban J connectivity index is 2.13. The van der Waals surface area contributed by atoms with E-state index in [9.17, 15) is 28.2 Å². The van der Waals surface area contributed by atoms with Gasteiger partial charge in [-0.05, 0) is 61.6 Å². The molecule has 0 bridgehead atoms. The first-order valence-electron chi connectivity index (χ1n) is 10.2. The van der Waals surface area contributed by atoms with Gasteiger partial charge in [0.15, 0.2) is 9.84 Å². The zero-order valence-corrected chi connectivity index (χ0v) is 18.4. The summed E-state index contributed by atoms with van der Waals surface area (Å²) in [6.07, 6.45) is 6.69. The van der Waals surface area contributed by atoms with Crippen molar-refractivity contribution in [2.24, 2.45) is 5.92 Å². The molecule has 0 atom stereocenters. The molecule has 2 aromatic rings. The molecular weight excluding hydrogens is 420 g/mol. The molecule has 2 N–H and O–H groups in total. The summed E-state index contributed by atoms with van der Waals surface area (Å²) in [6, 6.07) is 6.94. The predicted octanol–water partition coefficient (Wildman–Crippen LogP) is 4.42. The number of carboxylic acids is 2. The van der Waals surface area contributed by atoms with Crippen LogP contribution < -0.4 is 4.74 Å². The van der Waals surface area contributed by atoms with Gasteiger partial charge in [-0.1, -0.05) is 19.3 Å². The van der Waals surface area contributed by atoms with E-state index < -0.39 is 21.8 Å². The summed E-state index contributed by atoms with van der Waals surface area (Å²) < 4.78 is 30.3. The Morgan fingerprint density at radius 1 is 0.968 bits per heavy atom. The van der Waals surface area contributed by atoms with Crippen LogP contribution in [0.3, 0.4) is 0 Å². The highest BCUT2D eigenvalue weighted by Gasteiger charge is 2.23. The standard InChI is InChI=1S/C23H26O7S/c1-14-10-18(20(23(26)27)12-17(14)22(24)25)19-11-16(31(2,28)29)8-9-21(19)30-13-15-6-4-3-5-7-15/h8-12,15H,3-7,13H2,1-2H3,(H,24,25)(H,26,27). The monoisotopic (exact) mass is 446 g/mol. The van der Waals surface area contributed by atoms with Crippen molar-refractivity contribution in [3.05, 3.63) is 47.0 Å². The molecule has 3 rings (SSSR count). The molecule has 166 valence electrons. The second-order valence-electron chi connectivity index (χ2n) is 8.07. The Labute approximate surface area is 181 Å². The molecule has 0 spiro atoms. The molecule has 0 radical (unpaired) electrons. The van der Waals surface area contributed by atoms with Crippen molar-refractivity contribution >= 4 is 21.8 Å². The minimum absolute atomic E-state index is 0.0313. The minimum Gasteiger partial charge on any atom is -0.493 e. The van der Waals surface area contributed by atoms with Crippen LogP contribution in [0.2, 0.25) is 0 Å². The fourth-order valence-electron chi connectivity index (χ4n) is 3.98. The van der Waals surface area contributed by atoms with Crippen molar-refractivity contribution in [3.8, 4) is 16.9 Å². The molecule has 0 aromatic heterocycles. The van der Waals surface area contributed by atoms with E-state index in [1.165, 1.54) is 24.6 Å². The second-order valence-corrected chi connectivity index (χ2v) is 10.1. The van der Waals surface area contributed by atoms with Crippen molar-refractivity contribution in [3.63, 3.8) is 0 Å². The number of ether oxygens (including phenoxy) is 1. The maximum Gasteiger partial charge on any atom is 0.336 e. The molecule has 0 saturated heterocycles. The summed E-state index contributed by atoms with van der Waals surface area (Å²) in [5, 5.41) is 19.1. The second kappa shape index (κ2) is 9.09. The molecule has 1 saturated carbocycles. The highest BCUT2D eigenvalue weighted by Crippen LogP contribution is 2.37. The molecule has 0 aliphatic heterocycles. The average Bonchev–Trinajstić information content (AvgIpc) is 2.71. The van der Waals surface area contributed by atoms with E-state index >= 15 is 0 Å². The van der Waals surface area contributed by atoms with E-state index in [-0.39, 0.29) is 21.6 Å². The SMILES string of the molecule is Cc1cc(-c2cc(S(C)(=O)=O)ccc2OCC2CCCCC2)c(C(=O)O)cc1C(=O)O. The molecule has 0 unspecified atom stereocenters. The normalized spacial score (nSPS) is 14.9. The number of aromatic carboxylic acids is 2. The predicted molar refractivity (Wildman–Crippen MR) is 116 cm³/mol. The summed E-state index contributed by atoms with van der Waals surface area (Å²) in [5.74, 6) is -1.76. The van der Waals surface area contributed by atoms with Gasteiger partial charge >= 0.3 is 11.9 Å². The molecule has 1 fully saturated rings. The highest BCUT2D eigenvalue weighted by atomic mass is 32.2. The smallest absolute Gasteiger partial charge is 0.336 e. The summed E-state index contributed by atoms with van der Waals surface area (Å²) in [4.78, 5) is 23.4. The molecule has 0 amide bonds. The fraction of sp³-hybridized carbons (Fsp3) is 0.391. The van der Waals surface area contributed by atoms with Crippen LogP contribution in [0.1, 0.15) is 58.4 Å². The number of benzene rings is 2. The Morgan fingerprint density at radius 2 is 1.61 bits per heavy atom. The van der Waals surface area contributed by atoms with Crippen molar-refractivity contribution in [2.75, 3.05) is 12.9 Å². The summed E-state index contributed by atoms with van der Waals surface area (Å²) >= 11 is 0. The van der Waals surface area contributed by atoms with Gasteiger partial charge in [-0.15, -0.1) is 0 Å². The molecule has 2 aromatic carbocycles. The van der Waals surface area contributed by atoms with E-state index in [4.69, 9.17) is 4.74 Å². The van der Waals surface area contributed by atoms with Crippen LogP contribution >= 0.6 is 0 Å². The van der Waals surface area contributed by atoms with Crippen LogP contribution in [0.5, 0.6) is 5.75 Å². The molecular formula is C23H26O7S. The zero-order valence-electron chi connectivity index (χ0n) is 17.6. The van der Waals surface area contributed by atoms with E-state index in [2.05, 4.69) is 0 Å². The average molecular weight is 447 g/mol. The lowest BCUT2D eigenvalue weighted by Gasteiger charge is -2.23. The number of carboxylic acid groups (broad SMARTS) is 2. The first kappa shape index (κ1) is 22.8. The van der Waals surface area contributed by atoms with Crippen LogP contribution in [-0.2, 0) is 9.84 Å². The van der Waals surface area contributed by atoms with Crippen molar-refractivity contribution in [1.82, 2.24) is 0 Å². The lowest BCUT2D eigenvalue weighted by atomic mass is 9.90. The Hall–Kier alpha value is -2.87. The molecule has 1 aliphatic rings. The largest absolute Gasteiger partial charge is 0.493 e. The van der Waals surface area contributed by atoms with Crippen LogP contribution in [-0.4, -0.2) is 43.4 Å². The third kappa shape index (κ3) is 5.25. The van der Waals surface area contributed by atoms with Crippen molar-refractivity contribution in [2.45, 2.75) is 43.9 Å². The van der Waals surface area contributed by atoms with Crippen molar-refractivity contribution in [1.29, 1.82) is 0 Å². The van der Waals surface area contributed by atoms with E-state index in [0.717, 1.165) is 38.0 Å². The summed E-state index contributed by atoms with van der Waals surface area (Å²) in [5.41, 5.74) is 0.562. The number of carbonyl (C=O) groups is 2. The van der Waals surface area contributed by atoms with Crippen LogP contribution in [0.15, 0.2) is 35.2 Å². The Kier molecular flexibility index (Phi) is 6.69. The summed E-state index contributed by atoms with van der Waals surface area (Å²) in [7, 11) is -3.55. The Morgan fingerprint density at radius 3 is 2.19 bits per heavy atom. The first-order valence-corrected chi connectivity index (χ1v) is 12.1. The van der Waals surface area contributed by atoms with Gasteiger partial charge in [0, 0.05) is 17.4 Å². The molecule has 8 heteroatoms. The van der Waals surface area contributed by atoms with E-state index in [0.29, 0.717) is 29.4 Å². The van der Waals surface area contributed by atoms with Crippen molar-refractivity contribution < 1.29 is 33.0 Å². The van der Waals surface area contributed by atoms with Gasteiger partial charge in [0.2, 0.25) is 0 Å². The van der Waals surface area contributed by atoms with E-state index in [1.807, 2.05) is 0 Å². The van der Waals surface area contributed by atoms with Gasteiger partial charge in [0.1, 0.15) is 5.75 Å². The maximum atomic E-state index is 12.1. The van der Waals surface area contributed by atoms with Gasteiger partial charge in [-0.25, -0.2) is 18.0 Å². The van der Waals surface area contributed by atoms with Gasteiger partial charge in [-0.3, -0.25) is 0 Å². The lowest BCUT2D eigenvalue weighted by molar-refractivity contribution is 0.0695. The highest BCUT2D eigenvalue weighted by molar-refractivity contribution is 7.90. The number of aryl methyl sites for hydroxylation is 1. The summed E-state index contributed by atoms with van der Waals surface area (Å²) in [6.45, 7) is 2.03. The van der Waals surface area contributed by atoms with Crippen LogP contribution in [0, 0.1) is 12.8 Å². The molecule has 31 heavy (non-hydrogen) atoms. The van der Waals surface area contributed by atoms with Gasteiger partial charge in [-0.2, -0.15) is 0 Å². The van der Waals surface area contributed by atoms with Gasteiger partial charge in [0.05, 0.1) is 22.6 Å². The lowest BCUT2D eigenvalue weighted by Crippen LogP contribution is -2.16. The topological polar surface area (TPSA) is 118 Å². The zero-order chi connectivity index (χ0) is 22.8. The van der Waals surface area contributed by atoms with Crippen LogP contribution in [0.4, 0.5) is 0 Å². The number of hydrogen-bond donors (Lipinski definition) is 2. The quantitative estimate of drug-likeness (QED) is 0.646. The molecule has 1 aliphatic carbocycles. The van der Waals surface area contributed by atoms with Gasteiger partial charge in [0.25, 0.3) is 0 Å². The number of sulfone groups is 1. The third-order valence-corrected chi connectivity index (χ3v) is 6.80. The molecule has 7 nitrogen and oxygen atoms in total. The van der Waals surface area contributed by atoms with Crippen LogP contribution in [0.25, 0.3) is 11.1 Å². The molecule has 0 heterocycles.